The standard InChI is InChI=1S/C43H48ClN9O7S/c1-24(2)60-36-20-30(26(5)18-34(36)47-43-45-21-32(44)39(49-43)46-33-8-6-7-9-37(33)61(58,59)25(3)4)27-14-16-51(17-15-27)52-22-50(23-52)28-10-11-29-31(19-28)42(57)53(41(29)56)35-12-13-38(54)48-40(35)55/h6-11,18-21,24-25,27,35H,12-17,22-23H2,1-5H3,(H,48,54,55)(H2,45,46,47,49). The number of aromatic nitrogens is 2. The minimum absolute atomic E-state index is 0.0725. The summed E-state index contributed by atoms with van der Waals surface area (Å²) in [5, 5.41) is 12.9. The summed E-state index contributed by atoms with van der Waals surface area (Å²) in [4.78, 5) is 63.0. The molecule has 4 aromatic rings. The highest BCUT2D eigenvalue weighted by atomic mass is 35.5. The fourth-order valence-corrected chi connectivity index (χ4v) is 9.58. The highest BCUT2D eigenvalue weighted by Gasteiger charge is 2.45. The van der Waals surface area contributed by atoms with Crippen molar-refractivity contribution in [2.75, 3.05) is 42.0 Å². The van der Waals surface area contributed by atoms with Gasteiger partial charge < -0.3 is 20.3 Å². The van der Waals surface area contributed by atoms with Crippen molar-refractivity contribution >= 4 is 73.9 Å². The first kappa shape index (κ1) is 42.1. The molecule has 61 heavy (non-hydrogen) atoms. The normalized spacial score (nSPS) is 19.0. The lowest BCUT2D eigenvalue weighted by Gasteiger charge is -2.51. The lowest BCUT2D eigenvalue weighted by Crippen LogP contribution is -2.63. The number of anilines is 5. The van der Waals surface area contributed by atoms with Crippen LogP contribution >= 0.6 is 11.6 Å². The van der Waals surface area contributed by atoms with Crippen LogP contribution in [0, 0.1) is 6.92 Å². The molecule has 3 aromatic carbocycles. The molecule has 0 radical (unpaired) electrons. The minimum Gasteiger partial charge on any atom is -0.489 e. The molecular formula is C43H48ClN9O7S. The number of benzene rings is 3. The SMILES string of the molecule is Cc1cc(Nc2ncc(Cl)c(Nc3ccccc3S(=O)(=O)C(C)C)n2)c(OC(C)C)cc1C1CCN(N2CN(c3ccc4c(c3)C(=O)N(C3CCC(=O)NC3=O)C4=O)C2)CC1. The second-order valence-corrected chi connectivity index (χ2v) is 19.2. The van der Waals surface area contributed by atoms with Gasteiger partial charge in [-0.3, -0.25) is 29.4 Å². The van der Waals surface area contributed by atoms with E-state index in [0.717, 1.165) is 42.1 Å². The van der Waals surface area contributed by atoms with Gasteiger partial charge in [-0.05, 0) is 113 Å². The number of carbonyl (C=O) groups excluding carboxylic acids is 4. The van der Waals surface area contributed by atoms with Gasteiger partial charge in [0.2, 0.25) is 17.8 Å². The van der Waals surface area contributed by atoms with Gasteiger partial charge in [-0.25, -0.2) is 23.4 Å². The van der Waals surface area contributed by atoms with Crippen LogP contribution in [0.3, 0.4) is 0 Å². The maximum absolute atomic E-state index is 13.4. The van der Waals surface area contributed by atoms with Gasteiger partial charge in [-0.1, -0.05) is 23.7 Å². The smallest absolute Gasteiger partial charge is 0.262 e. The monoisotopic (exact) mass is 869 g/mol. The summed E-state index contributed by atoms with van der Waals surface area (Å²) in [5.41, 5.74) is 4.69. The van der Waals surface area contributed by atoms with Crippen LogP contribution in [-0.2, 0) is 19.4 Å². The summed E-state index contributed by atoms with van der Waals surface area (Å²) in [6.07, 6.45) is 3.40. The zero-order valence-electron chi connectivity index (χ0n) is 34.6. The van der Waals surface area contributed by atoms with Gasteiger partial charge >= 0.3 is 0 Å². The molecule has 1 aromatic heterocycles. The van der Waals surface area contributed by atoms with Crippen molar-refractivity contribution in [3.63, 3.8) is 0 Å². The van der Waals surface area contributed by atoms with Gasteiger partial charge in [0.25, 0.3) is 11.8 Å². The number of imide groups is 2. The number of hydrogen-bond acceptors (Lipinski definition) is 14. The quantitative estimate of drug-likeness (QED) is 0.138. The van der Waals surface area contributed by atoms with E-state index in [1.165, 1.54) is 11.8 Å². The van der Waals surface area contributed by atoms with Crippen molar-refractivity contribution < 1.29 is 32.3 Å². The largest absolute Gasteiger partial charge is 0.489 e. The summed E-state index contributed by atoms with van der Waals surface area (Å²) in [6.45, 7) is 12.3. The van der Waals surface area contributed by atoms with E-state index in [0.29, 0.717) is 36.4 Å². The molecule has 18 heteroatoms. The Bertz CT molecular complexity index is 2540. The van der Waals surface area contributed by atoms with E-state index in [1.807, 2.05) is 26.0 Å². The summed E-state index contributed by atoms with van der Waals surface area (Å²) in [7, 11) is -3.59. The Labute approximate surface area is 359 Å². The first-order valence-electron chi connectivity index (χ1n) is 20.4. The molecule has 4 aliphatic rings. The molecule has 320 valence electrons. The van der Waals surface area contributed by atoms with E-state index in [1.54, 1.807) is 50.2 Å². The highest BCUT2D eigenvalue weighted by molar-refractivity contribution is 7.92. The number of amides is 4. The van der Waals surface area contributed by atoms with Crippen molar-refractivity contribution in [3.8, 4) is 5.75 Å². The second-order valence-electron chi connectivity index (χ2n) is 16.3. The maximum atomic E-state index is 13.4. The number of hydrazine groups is 1. The van der Waals surface area contributed by atoms with Crippen LogP contribution in [0.25, 0.3) is 0 Å². The van der Waals surface area contributed by atoms with Crippen molar-refractivity contribution in [2.45, 2.75) is 88.5 Å². The molecule has 0 saturated carbocycles. The van der Waals surface area contributed by atoms with Crippen molar-refractivity contribution in [1.29, 1.82) is 0 Å². The number of carbonyl (C=O) groups is 4. The molecule has 1 unspecified atom stereocenters. The van der Waals surface area contributed by atoms with E-state index in [9.17, 15) is 27.6 Å². The Morgan fingerprint density at radius 2 is 1.59 bits per heavy atom. The number of para-hydroxylation sites is 1. The zero-order chi connectivity index (χ0) is 43.3. The van der Waals surface area contributed by atoms with Gasteiger partial charge in [-0.15, -0.1) is 0 Å². The molecule has 3 saturated heterocycles. The predicted molar refractivity (Wildman–Crippen MR) is 230 cm³/mol. The third kappa shape index (κ3) is 8.26. The minimum atomic E-state index is -3.59. The second kappa shape index (κ2) is 16.7. The number of piperidine rings is 2. The van der Waals surface area contributed by atoms with Crippen molar-refractivity contribution in [2.24, 2.45) is 0 Å². The van der Waals surface area contributed by atoms with Gasteiger partial charge in [0, 0.05) is 25.2 Å². The lowest BCUT2D eigenvalue weighted by atomic mass is 9.86. The summed E-state index contributed by atoms with van der Waals surface area (Å²) in [6, 6.07) is 15.0. The number of halogens is 1. The van der Waals surface area contributed by atoms with E-state index in [2.05, 4.69) is 53.8 Å². The molecule has 3 fully saturated rings. The van der Waals surface area contributed by atoms with E-state index in [-0.39, 0.29) is 51.8 Å². The zero-order valence-corrected chi connectivity index (χ0v) is 36.1. The van der Waals surface area contributed by atoms with E-state index >= 15 is 0 Å². The maximum Gasteiger partial charge on any atom is 0.262 e. The van der Waals surface area contributed by atoms with Crippen molar-refractivity contribution in [3.05, 3.63) is 88.1 Å². The molecule has 16 nitrogen and oxygen atoms in total. The molecule has 4 amide bonds. The molecule has 1 atom stereocenters. The molecule has 4 aliphatic heterocycles. The van der Waals surface area contributed by atoms with E-state index in [4.69, 9.17) is 16.3 Å². The van der Waals surface area contributed by atoms with E-state index < -0.39 is 44.8 Å². The van der Waals surface area contributed by atoms with Crippen LogP contribution in [-0.4, -0.2) is 101 Å². The molecule has 5 heterocycles. The number of nitrogens with zero attached hydrogens (tertiary/aromatic N) is 6. The third-order valence-electron chi connectivity index (χ3n) is 11.6. The van der Waals surface area contributed by atoms with Crippen LogP contribution in [0.5, 0.6) is 5.75 Å². The van der Waals surface area contributed by atoms with Crippen molar-refractivity contribution in [1.82, 2.24) is 30.2 Å². The Morgan fingerprint density at radius 3 is 2.30 bits per heavy atom. The van der Waals surface area contributed by atoms with Crippen LogP contribution in [0.4, 0.5) is 28.8 Å². The number of sulfone groups is 1. The Hall–Kier alpha value is -5.62. The third-order valence-corrected chi connectivity index (χ3v) is 14.0. The number of rotatable bonds is 12. The molecule has 0 spiro atoms. The van der Waals surface area contributed by atoms with Gasteiger partial charge in [0.15, 0.2) is 15.7 Å². The Kier molecular flexibility index (Phi) is 11.5. The van der Waals surface area contributed by atoms with Crippen LogP contribution in [0.15, 0.2) is 65.7 Å². The molecule has 0 bridgehead atoms. The van der Waals surface area contributed by atoms with Crippen LogP contribution in [0.2, 0.25) is 5.02 Å². The molecular weight excluding hydrogens is 822 g/mol. The molecule has 3 N–H and O–H groups in total. The molecule has 0 aliphatic carbocycles. The first-order valence-corrected chi connectivity index (χ1v) is 22.3. The van der Waals surface area contributed by atoms with Crippen LogP contribution < -0.4 is 25.6 Å². The topological polar surface area (TPSA) is 186 Å². The Balaban J connectivity index is 0.909. The number of nitrogens with one attached hydrogen (secondary N) is 3. The average Bonchev–Trinajstić information content (AvgIpc) is 3.44. The summed E-state index contributed by atoms with van der Waals surface area (Å²) in [5.74, 6) is -0.605. The fourth-order valence-electron chi connectivity index (χ4n) is 8.24. The fraction of sp³-hybridized carbons (Fsp3) is 0.395. The molecule has 8 rings (SSSR count). The Morgan fingerprint density at radius 1 is 0.869 bits per heavy atom. The van der Waals surface area contributed by atoms with Gasteiger partial charge in [-0.2, -0.15) is 4.98 Å². The van der Waals surface area contributed by atoms with Crippen LogP contribution in [0.1, 0.15) is 91.1 Å². The predicted octanol–water partition coefficient (Wildman–Crippen LogP) is 6.13. The highest BCUT2D eigenvalue weighted by Crippen LogP contribution is 2.40. The number of hydrogen-bond donors (Lipinski definition) is 3. The van der Waals surface area contributed by atoms with Gasteiger partial charge in [0.05, 0.1) is 58.3 Å². The first-order chi connectivity index (χ1) is 29.1. The number of ether oxygens (including phenoxy) is 1. The lowest BCUT2D eigenvalue weighted by molar-refractivity contribution is -0.136. The summed E-state index contributed by atoms with van der Waals surface area (Å²) >= 11 is 6.51. The average molecular weight is 870 g/mol. The number of aryl methyl sites for hydroxylation is 1. The number of fused-ring (bicyclic) bond motifs is 1. The summed E-state index contributed by atoms with van der Waals surface area (Å²) < 4.78 is 32.5. The van der Waals surface area contributed by atoms with Gasteiger partial charge in [0.1, 0.15) is 16.8 Å².